The topological polar surface area (TPSA) is 62.3 Å². The first-order valence-corrected chi connectivity index (χ1v) is 10.6. The molecule has 0 bridgehead atoms. The summed E-state index contributed by atoms with van der Waals surface area (Å²) in [5.74, 6) is 0.226. The number of carbonyl (C=O) groups excluding carboxylic acids is 2. The summed E-state index contributed by atoms with van der Waals surface area (Å²) in [5.41, 5.74) is 2.78. The van der Waals surface area contributed by atoms with Gasteiger partial charge in [-0.15, -0.1) is 11.3 Å². The van der Waals surface area contributed by atoms with Gasteiger partial charge in [-0.25, -0.2) is 4.98 Å². The summed E-state index contributed by atoms with van der Waals surface area (Å²) in [6, 6.07) is 15.5. The minimum absolute atomic E-state index is 0.0840. The van der Waals surface area contributed by atoms with Crippen molar-refractivity contribution in [2.45, 2.75) is 31.7 Å². The lowest BCUT2D eigenvalue weighted by Gasteiger charge is -2.24. The van der Waals surface area contributed by atoms with Gasteiger partial charge in [-0.1, -0.05) is 12.1 Å². The van der Waals surface area contributed by atoms with Crippen LogP contribution in [0.3, 0.4) is 0 Å². The number of likely N-dealkylation sites (tertiary alicyclic amines) is 1. The van der Waals surface area contributed by atoms with Crippen molar-refractivity contribution in [3.05, 3.63) is 48.5 Å². The molecule has 3 aromatic rings. The smallest absolute Gasteiger partial charge is 0.247 e. The van der Waals surface area contributed by atoms with E-state index in [9.17, 15) is 9.59 Å². The second-order valence-corrected chi connectivity index (χ2v) is 8.55. The van der Waals surface area contributed by atoms with Crippen LogP contribution in [-0.4, -0.2) is 34.3 Å². The van der Waals surface area contributed by atoms with Gasteiger partial charge in [0, 0.05) is 23.7 Å². The van der Waals surface area contributed by atoms with Gasteiger partial charge >= 0.3 is 0 Å². The number of rotatable bonds is 4. The number of carbonyl (C=O) groups is 2. The molecule has 0 spiro atoms. The number of benzene rings is 2. The average molecular weight is 391 g/mol. The number of para-hydroxylation sites is 1. The molecule has 142 valence electrons. The number of nitrogens with zero attached hydrogens (tertiary/aromatic N) is 2. The zero-order chi connectivity index (χ0) is 19.1. The van der Waals surface area contributed by atoms with Crippen LogP contribution in [0.4, 0.5) is 5.69 Å². The van der Waals surface area contributed by atoms with Gasteiger partial charge in [-0.2, -0.15) is 0 Å². The maximum atomic E-state index is 12.7. The SMILES string of the molecule is O=C(Nc1ccc(-c2nc3ccccc3s2)cc1)C1CCCN1C(=O)C1CC1. The maximum absolute atomic E-state index is 12.7. The van der Waals surface area contributed by atoms with Gasteiger partial charge < -0.3 is 10.2 Å². The third-order valence-electron chi connectivity index (χ3n) is 5.46. The largest absolute Gasteiger partial charge is 0.330 e. The van der Waals surface area contributed by atoms with Gasteiger partial charge in [0.1, 0.15) is 11.0 Å². The monoisotopic (exact) mass is 391 g/mol. The van der Waals surface area contributed by atoms with E-state index < -0.39 is 0 Å². The molecule has 1 N–H and O–H groups in total. The van der Waals surface area contributed by atoms with E-state index in [4.69, 9.17) is 0 Å². The van der Waals surface area contributed by atoms with Crippen LogP contribution < -0.4 is 5.32 Å². The predicted molar refractivity (Wildman–Crippen MR) is 111 cm³/mol. The molecule has 28 heavy (non-hydrogen) atoms. The van der Waals surface area contributed by atoms with Crippen molar-refractivity contribution in [1.82, 2.24) is 9.88 Å². The minimum Gasteiger partial charge on any atom is -0.330 e. The van der Waals surface area contributed by atoms with E-state index >= 15 is 0 Å². The Bertz CT molecular complexity index is 1010. The van der Waals surface area contributed by atoms with Crippen molar-refractivity contribution in [3.8, 4) is 10.6 Å². The van der Waals surface area contributed by atoms with E-state index in [-0.39, 0.29) is 23.8 Å². The molecular weight excluding hydrogens is 370 g/mol. The van der Waals surface area contributed by atoms with Crippen LogP contribution in [0, 0.1) is 5.92 Å². The van der Waals surface area contributed by atoms with Crippen LogP contribution in [0.1, 0.15) is 25.7 Å². The molecule has 2 aromatic carbocycles. The number of hydrogen-bond acceptors (Lipinski definition) is 4. The van der Waals surface area contributed by atoms with Crippen molar-refractivity contribution in [1.29, 1.82) is 0 Å². The molecule has 0 radical (unpaired) electrons. The summed E-state index contributed by atoms with van der Waals surface area (Å²) >= 11 is 1.66. The van der Waals surface area contributed by atoms with E-state index in [1.165, 1.54) is 0 Å². The normalized spacial score (nSPS) is 19.1. The number of nitrogens with one attached hydrogen (secondary N) is 1. The standard InChI is InChI=1S/C22H21N3O2S/c26-20(18-5-3-13-25(18)22(27)15-7-8-15)23-16-11-9-14(10-12-16)21-24-17-4-1-2-6-19(17)28-21/h1-2,4,6,9-12,15,18H,3,5,7-8,13H2,(H,23,26). The fourth-order valence-corrected chi connectivity index (χ4v) is 4.76. The van der Waals surface area contributed by atoms with Crippen molar-refractivity contribution in [2.75, 3.05) is 11.9 Å². The van der Waals surface area contributed by atoms with Gasteiger partial charge in [0.2, 0.25) is 11.8 Å². The summed E-state index contributed by atoms with van der Waals surface area (Å²) in [6.45, 7) is 0.698. The molecule has 1 aromatic heterocycles. The Kier molecular flexibility index (Phi) is 4.36. The second-order valence-electron chi connectivity index (χ2n) is 7.52. The zero-order valence-electron chi connectivity index (χ0n) is 15.4. The highest BCUT2D eigenvalue weighted by atomic mass is 32.1. The highest BCUT2D eigenvalue weighted by Crippen LogP contribution is 2.34. The van der Waals surface area contributed by atoms with Crippen LogP contribution in [0.5, 0.6) is 0 Å². The Labute approximate surface area is 167 Å². The molecule has 2 heterocycles. The molecule has 1 saturated heterocycles. The number of thiazole rings is 1. The highest BCUT2D eigenvalue weighted by molar-refractivity contribution is 7.21. The molecule has 5 rings (SSSR count). The Balaban J connectivity index is 1.29. The third-order valence-corrected chi connectivity index (χ3v) is 6.54. The van der Waals surface area contributed by atoms with Crippen LogP contribution in [0.2, 0.25) is 0 Å². The summed E-state index contributed by atoms with van der Waals surface area (Å²) in [5, 5.41) is 3.95. The number of fused-ring (bicyclic) bond motifs is 1. The molecule has 1 unspecified atom stereocenters. The van der Waals surface area contributed by atoms with Crippen molar-refractivity contribution < 1.29 is 9.59 Å². The van der Waals surface area contributed by atoms with Gasteiger partial charge in [0.25, 0.3) is 0 Å². The fraction of sp³-hybridized carbons (Fsp3) is 0.318. The molecule has 2 amide bonds. The Morgan fingerprint density at radius 2 is 1.82 bits per heavy atom. The minimum atomic E-state index is -0.336. The first-order valence-electron chi connectivity index (χ1n) is 9.76. The number of amides is 2. The summed E-state index contributed by atoms with van der Waals surface area (Å²) < 4.78 is 1.16. The predicted octanol–water partition coefficient (Wildman–Crippen LogP) is 4.30. The van der Waals surface area contributed by atoms with Crippen LogP contribution in [0.25, 0.3) is 20.8 Å². The fourth-order valence-electron chi connectivity index (χ4n) is 3.79. The van der Waals surface area contributed by atoms with E-state index in [0.29, 0.717) is 6.54 Å². The maximum Gasteiger partial charge on any atom is 0.247 e. The van der Waals surface area contributed by atoms with Crippen LogP contribution in [-0.2, 0) is 9.59 Å². The molecule has 2 fully saturated rings. The van der Waals surface area contributed by atoms with Gasteiger partial charge in [-0.05, 0) is 62.1 Å². The molecule has 1 aliphatic carbocycles. The van der Waals surface area contributed by atoms with E-state index in [2.05, 4.69) is 16.4 Å². The number of aromatic nitrogens is 1. The van der Waals surface area contributed by atoms with Crippen molar-refractivity contribution >= 4 is 39.1 Å². The quantitative estimate of drug-likeness (QED) is 0.721. The Morgan fingerprint density at radius 3 is 2.57 bits per heavy atom. The van der Waals surface area contributed by atoms with Crippen molar-refractivity contribution in [2.24, 2.45) is 5.92 Å². The zero-order valence-corrected chi connectivity index (χ0v) is 16.2. The second kappa shape index (κ2) is 7.02. The molecule has 2 aliphatic rings. The molecule has 5 nitrogen and oxygen atoms in total. The van der Waals surface area contributed by atoms with Crippen LogP contribution in [0.15, 0.2) is 48.5 Å². The van der Waals surface area contributed by atoms with Gasteiger partial charge in [0.15, 0.2) is 0 Å². The summed E-state index contributed by atoms with van der Waals surface area (Å²) in [6.07, 6.45) is 3.58. The summed E-state index contributed by atoms with van der Waals surface area (Å²) in [7, 11) is 0. The van der Waals surface area contributed by atoms with E-state index in [1.807, 2.05) is 42.5 Å². The van der Waals surface area contributed by atoms with Gasteiger partial charge in [0.05, 0.1) is 10.2 Å². The van der Waals surface area contributed by atoms with Crippen molar-refractivity contribution in [3.63, 3.8) is 0 Å². The Morgan fingerprint density at radius 1 is 1.04 bits per heavy atom. The van der Waals surface area contributed by atoms with Crippen LogP contribution >= 0.6 is 11.3 Å². The highest BCUT2D eigenvalue weighted by Gasteiger charge is 2.40. The molecule has 1 aliphatic heterocycles. The number of anilines is 1. The molecule has 1 saturated carbocycles. The molecule has 6 heteroatoms. The third kappa shape index (κ3) is 3.29. The first-order chi connectivity index (χ1) is 13.7. The molecular formula is C22H21N3O2S. The lowest BCUT2D eigenvalue weighted by molar-refractivity contribution is -0.137. The van der Waals surface area contributed by atoms with Gasteiger partial charge in [-0.3, -0.25) is 9.59 Å². The lowest BCUT2D eigenvalue weighted by atomic mass is 10.1. The first kappa shape index (κ1) is 17.4. The lowest BCUT2D eigenvalue weighted by Crippen LogP contribution is -2.43. The molecule has 1 atom stereocenters. The van der Waals surface area contributed by atoms with E-state index in [0.717, 1.165) is 52.2 Å². The van der Waals surface area contributed by atoms with E-state index in [1.54, 1.807) is 16.2 Å². The average Bonchev–Trinajstić information content (AvgIpc) is 3.28. The Hall–Kier alpha value is -2.73. The summed E-state index contributed by atoms with van der Waals surface area (Å²) in [4.78, 5) is 31.6. The number of hydrogen-bond donors (Lipinski definition) is 1.